The van der Waals surface area contributed by atoms with Crippen LogP contribution in [-0.2, 0) is 11.3 Å². The molecule has 0 spiro atoms. The summed E-state index contributed by atoms with van der Waals surface area (Å²) in [5, 5.41) is 8.42. The summed E-state index contributed by atoms with van der Waals surface area (Å²) in [6, 6.07) is 16.7. The molecule has 0 fully saturated rings. The summed E-state index contributed by atoms with van der Waals surface area (Å²) >= 11 is 0. The Kier molecular flexibility index (Phi) is 5.54. The number of amides is 2. The average molecular weight is 297 g/mol. The van der Waals surface area contributed by atoms with Gasteiger partial charge in [0.2, 0.25) is 5.91 Å². The zero-order valence-corrected chi connectivity index (χ0v) is 12.4. The van der Waals surface area contributed by atoms with Crippen molar-refractivity contribution in [1.29, 1.82) is 0 Å². The number of carbonyl (C=O) groups is 2. The van der Waals surface area contributed by atoms with E-state index in [-0.39, 0.29) is 18.4 Å². The Morgan fingerprint density at radius 3 is 2.27 bits per heavy atom. The lowest BCUT2D eigenvalue weighted by atomic mass is 10.2. The van der Waals surface area contributed by atoms with Crippen molar-refractivity contribution < 1.29 is 9.59 Å². The molecule has 22 heavy (non-hydrogen) atoms. The Morgan fingerprint density at radius 1 is 0.955 bits per heavy atom. The Bertz CT molecular complexity index is 624. The van der Waals surface area contributed by atoms with Crippen LogP contribution in [0.1, 0.15) is 15.9 Å². The Labute approximate surface area is 129 Å². The maximum absolute atomic E-state index is 11.8. The molecule has 2 amide bonds. The minimum absolute atomic E-state index is 0.0840. The maximum atomic E-state index is 11.8. The second-order valence-electron chi connectivity index (χ2n) is 4.77. The van der Waals surface area contributed by atoms with Crippen molar-refractivity contribution in [1.82, 2.24) is 10.6 Å². The third kappa shape index (κ3) is 4.63. The van der Waals surface area contributed by atoms with Crippen LogP contribution < -0.4 is 16.0 Å². The normalized spacial score (nSPS) is 9.86. The number of hydrogen-bond donors (Lipinski definition) is 3. The third-order valence-electron chi connectivity index (χ3n) is 3.16. The molecular weight excluding hydrogens is 278 g/mol. The molecule has 0 aliphatic rings. The summed E-state index contributed by atoms with van der Waals surface area (Å²) in [6.07, 6.45) is 0. The van der Waals surface area contributed by atoms with Gasteiger partial charge in [-0.3, -0.25) is 9.59 Å². The number of carbonyl (C=O) groups excluding carboxylic acids is 2. The fourth-order valence-corrected chi connectivity index (χ4v) is 1.93. The fourth-order valence-electron chi connectivity index (χ4n) is 1.93. The molecular formula is C17H19N3O2. The number of hydrogen-bond acceptors (Lipinski definition) is 3. The average Bonchev–Trinajstić information content (AvgIpc) is 2.58. The minimum Gasteiger partial charge on any atom is -0.376 e. The minimum atomic E-state index is -0.132. The summed E-state index contributed by atoms with van der Waals surface area (Å²) < 4.78 is 0. The van der Waals surface area contributed by atoms with Crippen LogP contribution in [-0.4, -0.2) is 25.4 Å². The molecule has 2 aromatic rings. The van der Waals surface area contributed by atoms with Gasteiger partial charge in [0.1, 0.15) is 0 Å². The van der Waals surface area contributed by atoms with Crippen molar-refractivity contribution in [3.63, 3.8) is 0 Å². The quantitative estimate of drug-likeness (QED) is 0.761. The van der Waals surface area contributed by atoms with Gasteiger partial charge in [-0.1, -0.05) is 30.3 Å². The molecule has 0 aliphatic heterocycles. The van der Waals surface area contributed by atoms with Crippen molar-refractivity contribution in [3.05, 3.63) is 65.7 Å². The standard InChI is InChI=1S/C17H19N3O2/c1-18-17(22)14-7-9-15(10-8-14)19-12-16(21)20-11-13-5-3-2-4-6-13/h2-10,19H,11-12H2,1H3,(H,18,22)(H,20,21). The second kappa shape index (κ2) is 7.83. The predicted octanol–water partition coefficient (Wildman–Crippen LogP) is 1.77. The van der Waals surface area contributed by atoms with E-state index in [1.807, 2.05) is 30.3 Å². The molecule has 5 heteroatoms. The van der Waals surface area contributed by atoms with Crippen LogP contribution in [0.5, 0.6) is 0 Å². The highest BCUT2D eigenvalue weighted by molar-refractivity contribution is 5.94. The summed E-state index contributed by atoms with van der Waals surface area (Å²) in [4.78, 5) is 23.2. The van der Waals surface area contributed by atoms with Gasteiger partial charge in [0.15, 0.2) is 0 Å². The summed E-state index contributed by atoms with van der Waals surface area (Å²) in [7, 11) is 1.59. The van der Waals surface area contributed by atoms with Crippen LogP contribution in [0.4, 0.5) is 5.69 Å². The SMILES string of the molecule is CNC(=O)c1ccc(NCC(=O)NCc2ccccc2)cc1. The second-order valence-corrected chi connectivity index (χ2v) is 4.77. The predicted molar refractivity (Wildman–Crippen MR) is 86.6 cm³/mol. The molecule has 0 unspecified atom stereocenters. The van der Waals surface area contributed by atoms with Gasteiger partial charge >= 0.3 is 0 Å². The first-order chi connectivity index (χ1) is 10.7. The van der Waals surface area contributed by atoms with E-state index in [0.29, 0.717) is 12.1 Å². The molecule has 0 bridgehead atoms. The number of rotatable bonds is 6. The van der Waals surface area contributed by atoms with Crippen LogP contribution in [0, 0.1) is 0 Å². The van der Waals surface area contributed by atoms with Crippen LogP contribution in [0.3, 0.4) is 0 Å². The van der Waals surface area contributed by atoms with Gasteiger partial charge in [0.25, 0.3) is 5.91 Å². The molecule has 114 valence electrons. The van der Waals surface area contributed by atoms with Gasteiger partial charge < -0.3 is 16.0 Å². The molecule has 0 saturated heterocycles. The summed E-state index contributed by atoms with van der Waals surface area (Å²) in [5.74, 6) is -0.216. The number of nitrogens with one attached hydrogen (secondary N) is 3. The van der Waals surface area contributed by atoms with Gasteiger partial charge in [-0.15, -0.1) is 0 Å². The van der Waals surface area contributed by atoms with E-state index in [9.17, 15) is 9.59 Å². The molecule has 0 aliphatic carbocycles. The summed E-state index contributed by atoms with van der Waals surface area (Å²) in [6.45, 7) is 0.698. The molecule has 3 N–H and O–H groups in total. The first-order valence-corrected chi connectivity index (χ1v) is 7.05. The maximum Gasteiger partial charge on any atom is 0.251 e. The van der Waals surface area contributed by atoms with E-state index in [1.165, 1.54) is 0 Å². The Hall–Kier alpha value is -2.82. The highest BCUT2D eigenvalue weighted by atomic mass is 16.2. The van der Waals surface area contributed by atoms with Crippen molar-refractivity contribution in [3.8, 4) is 0 Å². The van der Waals surface area contributed by atoms with Crippen LogP contribution >= 0.6 is 0 Å². The van der Waals surface area contributed by atoms with Gasteiger partial charge in [-0.25, -0.2) is 0 Å². The summed E-state index contributed by atoms with van der Waals surface area (Å²) in [5.41, 5.74) is 2.44. The molecule has 0 atom stereocenters. The molecule has 2 aromatic carbocycles. The number of benzene rings is 2. The molecule has 5 nitrogen and oxygen atoms in total. The van der Waals surface area contributed by atoms with E-state index < -0.39 is 0 Å². The first kappa shape index (κ1) is 15.6. The van der Waals surface area contributed by atoms with Crippen molar-refractivity contribution in [2.24, 2.45) is 0 Å². The Balaban J connectivity index is 1.77. The van der Waals surface area contributed by atoms with E-state index >= 15 is 0 Å². The van der Waals surface area contributed by atoms with Crippen molar-refractivity contribution in [2.45, 2.75) is 6.54 Å². The molecule has 0 aromatic heterocycles. The lowest BCUT2D eigenvalue weighted by Gasteiger charge is -2.08. The fraction of sp³-hybridized carbons (Fsp3) is 0.176. The van der Waals surface area contributed by atoms with E-state index in [4.69, 9.17) is 0 Å². The Morgan fingerprint density at radius 2 is 1.64 bits per heavy atom. The number of anilines is 1. The van der Waals surface area contributed by atoms with Gasteiger partial charge in [0.05, 0.1) is 6.54 Å². The highest BCUT2D eigenvalue weighted by Gasteiger charge is 2.04. The lowest BCUT2D eigenvalue weighted by molar-refractivity contribution is -0.119. The van der Waals surface area contributed by atoms with Crippen LogP contribution in [0.25, 0.3) is 0 Å². The van der Waals surface area contributed by atoms with Gasteiger partial charge in [0, 0.05) is 24.8 Å². The van der Waals surface area contributed by atoms with E-state index in [2.05, 4.69) is 16.0 Å². The van der Waals surface area contributed by atoms with Crippen molar-refractivity contribution >= 4 is 17.5 Å². The van der Waals surface area contributed by atoms with Crippen molar-refractivity contribution in [2.75, 3.05) is 18.9 Å². The molecule has 0 heterocycles. The molecule has 2 rings (SSSR count). The van der Waals surface area contributed by atoms with E-state index in [0.717, 1.165) is 11.3 Å². The zero-order chi connectivity index (χ0) is 15.8. The largest absolute Gasteiger partial charge is 0.376 e. The van der Waals surface area contributed by atoms with Crippen LogP contribution in [0.2, 0.25) is 0 Å². The third-order valence-corrected chi connectivity index (χ3v) is 3.16. The first-order valence-electron chi connectivity index (χ1n) is 7.05. The van der Waals surface area contributed by atoms with Gasteiger partial charge in [-0.2, -0.15) is 0 Å². The highest BCUT2D eigenvalue weighted by Crippen LogP contribution is 2.09. The monoisotopic (exact) mass is 297 g/mol. The smallest absolute Gasteiger partial charge is 0.251 e. The van der Waals surface area contributed by atoms with Crippen LogP contribution in [0.15, 0.2) is 54.6 Å². The lowest BCUT2D eigenvalue weighted by Crippen LogP contribution is -2.29. The van der Waals surface area contributed by atoms with Gasteiger partial charge in [-0.05, 0) is 29.8 Å². The zero-order valence-electron chi connectivity index (χ0n) is 12.4. The molecule has 0 radical (unpaired) electrons. The molecule has 0 saturated carbocycles. The topological polar surface area (TPSA) is 70.2 Å². The van der Waals surface area contributed by atoms with E-state index in [1.54, 1.807) is 31.3 Å².